The first-order valence-electron chi connectivity index (χ1n) is 2.67. The quantitative estimate of drug-likeness (QED) is 0.311. The van der Waals surface area contributed by atoms with E-state index in [4.69, 9.17) is 0 Å². The molecule has 0 spiro atoms. The first kappa shape index (κ1) is 30.4. The third-order valence-corrected chi connectivity index (χ3v) is 5.67. The Morgan fingerprint density at radius 3 is 0.600 bits per heavy atom. The minimum absolute atomic E-state index is 0. The summed E-state index contributed by atoms with van der Waals surface area (Å²) in [5.41, 5.74) is 0. The van der Waals surface area contributed by atoms with Gasteiger partial charge in [-0.3, -0.25) is 0 Å². The van der Waals surface area contributed by atoms with Crippen molar-refractivity contribution in [2.45, 2.75) is 0 Å². The van der Waals surface area contributed by atoms with Gasteiger partial charge < -0.3 is 0 Å². The summed E-state index contributed by atoms with van der Waals surface area (Å²) in [5, 5.41) is 0. The molecule has 1 radical (unpaired) electrons. The number of rotatable bonds is 4. The Morgan fingerprint density at radius 2 is 0.600 bits per heavy atom. The van der Waals surface area contributed by atoms with E-state index in [-0.39, 0.29) is 68.7 Å². The Labute approximate surface area is 172 Å². The normalized spacial score (nSPS) is 12.2. The van der Waals surface area contributed by atoms with Gasteiger partial charge in [-0.15, -0.1) is 0 Å². The van der Waals surface area contributed by atoms with Crippen LogP contribution in [-0.4, -0.2) is 0 Å². The Hall–Kier alpha value is 2.46. The van der Waals surface area contributed by atoms with Gasteiger partial charge in [0.15, 0.2) is 0 Å². The van der Waals surface area contributed by atoms with Crippen molar-refractivity contribution in [3.05, 3.63) is 0 Å². The average molecular weight is 523 g/mol. The molecule has 0 saturated carbocycles. The zero-order valence-electron chi connectivity index (χ0n) is 8.76. The molecule has 0 aromatic carbocycles. The molecular weight excluding hydrogens is 523 g/mol. The molecule has 0 aliphatic heterocycles. The van der Waals surface area contributed by atoms with Crippen molar-refractivity contribution >= 4 is 0 Å². The van der Waals surface area contributed by atoms with Crippen molar-refractivity contribution in [2.24, 2.45) is 0 Å². The summed E-state index contributed by atoms with van der Waals surface area (Å²) < 4.78 is 118. The molecule has 0 aliphatic rings. The van der Waals surface area contributed by atoms with Crippen LogP contribution in [0, 0.1) is 0 Å². The summed E-state index contributed by atoms with van der Waals surface area (Å²) in [6, 6.07) is 0. The van der Waals surface area contributed by atoms with E-state index in [2.05, 4.69) is 5.68 Å². The van der Waals surface area contributed by atoms with Gasteiger partial charge in [0.25, 0.3) is 0 Å². The SMILES string of the molecule is [Cr+3].[K+].[O]=[Cr](=[O])([O-])[O][Cr](=[O])(=[O])[O-].[O]=[Cr](=[O])([O-])[O][Cr](=[O])(=[O])[O-]. The number of hydrogen-bond donors (Lipinski definition) is 0. The molecule has 0 N–H and O–H groups in total. The summed E-state index contributed by atoms with van der Waals surface area (Å²) in [6.07, 6.45) is 0. The van der Waals surface area contributed by atoms with Crippen molar-refractivity contribution in [3.8, 4) is 0 Å². The molecule has 115 valence electrons. The average Bonchev–Trinajstić information content (AvgIpc) is 1.64. The summed E-state index contributed by atoms with van der Waals surface area (Å²) in [4.78, 5) is 0. The van der Waals surface area contributed by atoms with Crippen molar-refractivity contribution < 1.29 is 176 Å². The van der Waals surface area contributed by atoms with Gasteiger partial charge in [-0.05, 0) is 0 Å². The molecule has 0 bridgehead atoms. The molecule has 0 aromatic heterocycles. The van der Waals surface area contributed by atoms with E-state index in [0.717, 1.165) is 0 Å². The summed E-state index contributed by atoms with van der Waals surface area (Å²) >= 11 is -24.3. The Balaban J connectivity index is -0.000000116. The molecule has 0 fully saturated rings. The van der Waals surface area contributed by atoms with E-state index in [9.17, 15) is 47.1 Å². The van der Waals surface area contributed by atoms with Crippen LogP contribution >= 0.6 is 0 Å². The van der Waals surface area contributed by atoms with Crippen molar-refractivity contribution in [1.29, 1.82) is 0 Å². The van der Waals surface area contributed by atoms with Crippen molar-refractivity contribution in [3.63, 3.8) is 0 Å². The molecular formula is Cr5KO14. The van der Waals surface area contributed by atoms with E-state index in [0.29, 0.717) is 0 Å². The minimum atomic E-state index is -6.07. The molecule has 0 atom stereocenters. The van der Waals surface area contributed by atoms with Crippen molar-refractivity contribution in [1.82, 2.24) is 0 Å². The number of hydrogen-bond acceptors (Lipinski definition) is 14. The van der Waals surface area contributed by atoms with Crippen LogP contribution in [-0.2, 0) is 108 Å². The molecule has 0 aliphatic carbocycles. The molecule has 20 heteroatoms. The van der Waals surface area contributed by atoms with Crippen LogP contribution < -0.4 is 68.0 Å². The molecule has 14 nitrogen and oxygen atoms in total. The summed E-state index contributed by atoms with van der Waals surface area (Å²) in [7, 11) is 0. The zero-order valence-corrected chi connectivity index (χ0v) is 18.3. The molecule has 0 amide bonds. The fourth-order valence-corrected chi connectivity index (χ4v) is 3.47. The van der Waals surface area contributed by atoms with Crippen LogP contribution in [0.5, 0.6) is 0 Å². The Kier molecular flexibility index (Phi) is 16.8. The molecule has 0 saturated heterocycles. The van der Waals surface area contributed by atoms with Gasteiger partial charge in [0.2, 0.25) is 0 Å². The van der Waals surface area contributed by atoms with Crippen LogP contribution in [0.4, 0.5) is 0 Å². The van der Waals surface area contributed by atoms with Gasteiger partial charge in [-0.25, -0.2) is 0 Å². The monoisotopic (exact) mass is 523 g/mol. The second-order valence-corrected chi connectivity index (χ2v) is 9.05. The van der Waals surface area contributed by atoms with Crippen molar-refractivity contribution in [2.75, 3.05) is 0 Å². The second-order valence-electron chi connectivity index (χ2n) is 1.77. The van der Waals surface area contributed by atoms with Gasteiger partial charge >= 0.3 is 176 Å². The zero-order chi connectivity index (χ0) is 15.4. The van der Waals surface area contributed by atoms with Gasteiger partial charge in [-0.2, -0.15) is 0 Å². The fraction of sp³-hybridized carbons (Fsp3) is 0. The van der Waals surface area contributed by atoms with Gasteiger partial charge in [0.05, 0.1) is 0 Å². The first-order chi connectivity index (χ1) is 7.41. The third kappa shape index (κ3) is 37.1. The predicted octanol–water partition coefficient (Wildman–Crippen LogP) is -8.85. The maximum absolute atomic E-state index is 9.38. The Morgan fingerprint density at radius 1 is 0.500 bits per heavy atom. The Bertz CT molecular complexity index is 534. The molecule has 0 heterocycles. The summed E-state index contributed by atoms with van der Waals surface area (Å²) in [6.45, 7) is 0. The van der Waals surface area contributed by atoms with E-state index in [1.807, 2.05) is 0 Å². The second kappa shape index (κ2) is 11.1. The third-order valence-electron chi connectivity index (χ3n) is 0.333. The maximum atomic E-state index is 9.38. The topological polar surface area (TPSA) is 247 Å². The van der Waals surface area contributed by atoms with Crippen LogP contribution in [0.1, 0.15) is 0 Å². The standard InChI is InChI=1S/5Cr.K.14O/q;;;;+3;+1;;;;;;;;;;;4*-1. The molecule has 0 rings (SSSR count). The van der Waals surface area contributed by atoms with Crippen LogP contribution in [0.15, 0.2) is 0 Å². The van der Waals surface area contributed by atoms with Gasteiger partial charge in [0, 0.05) is 0 Å². The van der Waals surface area contributed by atoms with Crippen LogP contribution in [0.2, 0.25) is 0 Å². The first-order valence-corrected chi connectivity index (χ1v) is 11.0. The molecule has 0 unspecified atom stereocenters. The van der Waals surface area contributed by atoms with Gasteiger partial charge in [-0.1, -0.05) is 0 Å². The molecule has 0 aromatic rings. The van der Waals surface area contributed by atoms with E-state index in [1.165, 1.54) is 0 Å². The molecule has 20 heavy (non-hydrogen) atoms. The fourth-order valence-electron chi connectivity index (χ4n) is 0.204. The van der Waals surface area contributed by atoms with E-state index < -0.39 is 54.5 Å². The van der Waals surface area contributed by atoms with E-state index >= 15 is 0 Å². The summed E-state index contributed by atoms with van der Waals surface area (Å²) in [5.74, 6) is 0. The van der Waals surface area contributed by atoms with E-state index in [1.54, 1.807) is 0 Å². The van der Waals surface area contributed by atoms with Crippen LogP contribution in [0.3, 0.4) is 0 Å². The predicted molar refractivity (Wildman–Crippen MR) is 7.66 cm³/mol. The van der Waals surface area contributed by atoms with Crippen LogP contribution in [0.25, 0.3) is 0 Å². The van der Waals surface area contributed by atoms with Gasteiger partial charge in [0.1, 0.15) is 0 Å².